The lowest BCUT2D eigenvalue weighted by Crippen LogP contribution is -1.97. The van der Waals surface area contributed by atoms with E-state index in [4.69, 9.17) is 0 Å². The molecule has 0 bridgehead atoms. The van der Waals surface area contributed by atoms with Crippen molar-refractivity contribution in [1.82, 2.24) is 9.78 Å². The van der Waals surface area contributed by atoms with Crippen LogP contribution < -0.4 is 0 Å². The van der Waals surface area contributed by atoms with E-state index in [1.807, 2.05) is 23.0 Å². The Kier molecular flexibility index (Phi) is 3.45. The highest BCUT2D eigenvalue weighted by Gasteiger charge is 2.06. The molecule has 1 aromatic heterocycles. The maximum absolute atomic E-state index is 4.50. The molecule has 0 saturated carbocycles. The number of aromatic nitrogens is 2. The molecular weight excluding hydrogens is 312 g/mol. The molecule has 2 nitrogen and oxygen atoms in total. The first-order valence-corrected chi connectivity index (χ1v) is 7.31. The van der Waals surface area contributed by atoms with Crippen molar-refractivity contribution >= 4 is 15.9 Å². The molecule has 2 aromatic carbocycles. The van der Waals surface area contributed by atoms with Gasteiger partial charge in [0.15, 0.2) is 0 Å². The van der Waals surface area contributed by atoms with Crippen LogP contribution in [0.5, 0.6) is 0 Å². The van der Waals surface area contributed by atoms with E-state index in [1.54, 1.807) is 0 Å². The molecule has 0 unspecified atom stereocenters. The van der Waals surface area contributed by atoms with Gasteiger partial charge in [0, 0.05) is 16.2 Å². The minimum atomic E-state index is 1.08. The van der Waals surface area contributed by atoms with Gasteiger partial charge in [-0.3, -0.25) is 0 Å². The number of nitrogens with zero attached hydrogens (tertiary/aromatic N) is 2. The third kappa shape index (κ3) is 2.54. The predicted octanol–water partition coefficient (Wildman–Crippen LogP) is 4.92. The van der Waals surface area contributed by atoms with Crippen molar-refractivity contribution in [1.29, 1.82) is 0 Å². The fraction of sp³-hybridized carbons (Fsp3) is 0.118. The van der Waals surface area contributed by atoms with Gasteiger partial charge < -0.3 is 0 Å². The summed E-state index contributed by atoms with van der Waals surface area (Å²) in [6.45, 7) is 4.21. The number of hydrogen-bond acceptors (Lipinski definition) is 1. The average Bonchev–Trinajstić information content (AvgIpc) is 2.91. The molecule has 0 atom stereocenters. The maximum Gasteiger partial charge on any atom is 0.0677 e. The highest BCUT2D eigenvalue weighted by atomic mass is 79.9. The smallest absolute Gasteiger partial charge is 0.0677 e. The van der Waals surface area contributed by atoms with Gasteiger partial charge in [0.1, 0.15) is 0 Å². The second-order valence-corrected chi connectivity index (χ2v) is 5.89. The Morgan fingerprint density at radius 2 is 1.85 bits per heavy atom. The van der Waals surface area contributed by atoms with E-state index in [-0.39, 0.29) is 0 Å². The van der Waals surface area contributed by atoms with E-state index in [1.165, 1.54) is 11.1 Å². The lowest BCUT2D eigenvalue weighted by atomic mass is 10.1. The molecule has 20 heavy (non-hydrogen) atoms. The lowest BCUT2D eigenvalue weighted by Gasteiger charge is -2.06. The number of halogens is 1. The molecule has 1 heterocycles. The molecule has 0 aliphatic heterocycles. The van der Waals surface area contributed by atoms with Gasteiger partial charge in [0.25, 0.3) is 0 Å². The van der Waals surface area contributed by atoms with Crippen molar-refractivity contribution in [3.63, 3.8) is 0 Å². The highest BCUT2D eigenvalue weighted by Crippen LogP contribution is 2.24. The zero-order valence-electron chi connectivity index (χ0n) is 11.5. The van der Waals surface area contributed by atoms with Crippen LogP contribution in [0, 0.1) is 13.8 Å². The van der Waals surface area contributed by atoms with Crippen molar-refractivity contribution < 1.29 is 0 Å². The lowest BCUT2D eigenvalue weighted by molar-refractivity contribution is 0.871. The van der Waals surface area contributed by atoms with Crippen molar-refractivity contribution in [3.05, 3.63) is 70.5 Å². The fourth-order valence-corrected chi connectivity index (χ4v) is 2.64. The molecule has 0 amide bonds. The average molecular weight is 327 g/mol. The predicted molar refractivity (Wildman–Crippen MR) is 86.2 cm³/mol. The first kappa shape index (κ1) is 13.1. The molecule has 0 saturated heterocycles. The number of rotatable bonds is 2. The summed E-state index contributed by atoms with van der Waals surface area (Å²) in [7, 11) is 0. The van der Waals surface area contributed by atoms with Crippen LogP contribution in [0.15, 0.2) is 59.3 Å². The Balaban J connectivity index is 2.04. The zero-order valence-corrected chi connectivity index (χ0v) is 13.1. The third-order valence-corrected chi connectivity index (χ3v) is 3.85. The summed E-state index contributed by atoms with van der Waals surface area (Å²) in [4.78, 5) is 0. The second-order valence-electron chi connectivity index (χ2n) is 4.97. The van der Waals surface area contributed by atoms with Crippen LogP contribution in [0.3, 0.4) is 0 Å². The van der Waals surface area contributed by atoms with Crippen molar-refractivity contribution in [2.45, 2.75) is 13.8 Å². The Morgan fingerprint density at radius 3 is 2.65 bits per heavy atom. The van der Waals surface area contributed by atoms with Crippen molar-refractivity contribution in [2.75, 3.05) is 0 Å². The van der Waals surface area contributed by atoms with Gasteiger partial charge in [0.2, 0.25) is 0 Å². The zero-order chi connectivity index (χ0) is 14.1. The van der Waals surface area contributed by atoms with E-state index in [0.717, 1.165) is 21.3 Å². The molecule has 3 rings (SSSR count). The van der Waals surface area contributed by atoms with Crippen LogP contribution in [0.1, 0.15) is 11.1 Å². The molecule has 100 valence electrons. The van der Waals surface area contributed by atoms with E-state index >= 15 is 0 Å². The van der Waals surface area contributed by atoms with Gasteiger partial charge in [-0.2, -0.15) is 5.10 Å². The van der Waals surface area contributed by atoms with Crippen LogP contribution in [-0.2, 0) is 0 Å². The Labute approximate surface area is 127 Å². The minimum absolute atomic E-state index is 1.08. The molecule has 0 fully saturated rings. The standard InChI is InChI=1S/C17H15BrN2/c1-12-6-7-13(2)17(8-12)20-11-15(10-19-20)14-4-3-5-16(18)9-14/h3-11H,1-2H3. The molecule has 0 aliphatic rings. The summed E-state index contributed by atoms with van der Waals surface area (Å²) in [6.07, 6.45) is 3.98. The van der Waals surface area contributed by atoms with E-state index < -0.39 is 0 Å². The molecular formula is C17H15BrN2. The number of hydrogen-bond donors (Lipinski definition) is 0. The van der Waals surface area contributed by atoms with E-state index in [9.17, 15) is 0 Å². The largest absolute Gasteiger partial charge is 0.240 e. The van der Waals surface area contributed by atoms with E-state index in [2.05, 4.69) is 71.4 Å². The number of benzene rings is 2. The van der Waals surface area contributed by atoms with Crippen molar-refractivity contribution in [2.24, 2.45) is 0 Å². The van der Waals surface area contributed by atoms with Gasteiger partial charge in [-0.1, -0.05) is 40.2 Å². The highest BCUT2D eigenvalue weighted by molar-refractivity contribution is 9.10. The van der Waals surface area contributed by atoms with Crippen LogP contribution in [0.4, 0.5) is 0 Å². The summed E-state index contributed by atoms with van der Waals surface area (Å²) in [5.74, 6) is 0. The minimum Gasteiger partial charge on any atom is -0.240 e. The van der Waals surface area contributed by atoms with Crippen LogP contribution in [0.25, 0.3) is 16.8 Å². The van der Waals surface area contributed by atoms with Gasteiger partial charge in [-0.15, -0.1) is 0 Å². The van der Waals surface area contributed by atoms with Gasteiger partial charge in [-0.25, -0.2) is 4.68 Å². The molecule has 0 radical (unpaired) electrons. The van der Waals surface area contributed by atoms with Gasteiger partial charge in [-0.05, 0) is 48.7 Å². The summed E-state index contributed by atoms with van der Waals surface area (Å²) in [6, 6.07) is 14.7. The number of aryl methyl sites for hydroxylation is 2. The molecule has 3 aromatic rings. The van der Waals surface area contributed by atoms with Crippen molar-refractivity contribution in [3.8, 4) is 16.8 Å². The normalized spacial score (nSPS) is 10.8. The SMILES string of the molecule is Cc1ccc(C)c(-n2cc(-c3cccc(Br)c3)cn2)c1. The first-order chi connectivity index (χ1) is 9.63. The summed E-state index contributed by atoms with van der Waals surface area (Å²) < 4.78 is 3.02. The Hall–Kier alpha value is -1.87. The first-order valence-electron chi connectivity index (χ1n) is 6.52. The quantitative estimate of drug-likeness (QED) is 0.653. The third-order valence-electron chi connectivity index (χ3n) is 3.35. The fourth-order valence-electron chi connectivity index (χ4n) is 2.24. The summed E-state index contributed by atoms with van der Waals surface area (Å²) in [5.41, 5.74) is 5.87. The molecule has 0 spiro atoms. The maximum atomic E-state index is 4.50. The Bertz CT molecular complexity index is 759. The molecule has 3 heteroatoms. The monoisotopic (exact) mass is 326 g/mol. The van der Waals surface area contributed by atoms with Crippen LogP contribution in [-0.4, -0.2) is 9.78 Å². The van der Waals surface area contributed by atoms with Gasteiger partial charge >= 0.3 is 0 Å². The molecule has 0 aliphatic carbocycles. The topological polar surface area (TPSA) is 17.8 Å². The molecule has 0 N–H and O–H groups in total. The Morgan fingerprint density at radius 1 is 1.00 bits per heavy atom. The summed E-state index contributed by atoms with van der Waals surface area (Å²) in [5, 5.41) is 4.50. The van der Waals surface area contributed by atoms with E-state index in [0.29, 0.717) is 0 Å². The van der Waals surface area contributed by atoms with Crippen LogP contribution in [0.2, 0.25) is 0 Å². The van der Waals surface area contributed by atoms with Crippen LogP contribution >= 0.6 is 15.9 Å². The van der Waals surface area contributed by atoms with Gasteiger partial charge in [0.05, 0.1) is 11.9 Å². The summed E-state index contributed by atoms with van der Waals surface area (Å²) >= 11 is 3.51. The second kappa shape index (κ2) is 5.25.